The SMILES string of the molecule is CC(C)C[C@H]1c2nc(C3CC3)nn2CCN1C(=O)c1cc(C(C)C)nc(N)n1. The van der Waals surface area contributed by atoms with Gasteiger partial charge in [0.2, 0.25) is 5.95 Å². The van der Waals surface area contributed by atoms with E-state index < -0.39 is 0 Å². The standard InChI is InChI=1S/C20H29N7O/c1-11(2)9-16-18-24-17(13-5-6-13)25-27(18)8-7-26(16)19(28)15-10-14(12(3)4)22-20(21)23-15/h10-13,16H,5-9H2,1-4H3,(H2,21,22,23)/t16-/m0/s1. The van der Waals surface area contributed by atoms with Crippen LogP contribution in [0.15, 0.2) is 6.07 Å². The Morgan fingerprint density at radius 3 is 2.57 bits per heavy atom. The molecule has 3 heterocycles. The molecule has 1 amide bonds. The van der Waals surface area contributed by atoms with Gasteiger partial charge in [-0.2, -0.15) is 5.10 Å². The van der Waals surface area contributed by atoms with E-state index in [2.05, 4.69) is 23.8 Å². The minimum atomic E-state index is -0.108. The normalized spacial score (nSPS) is 19.4. The van der Waals surface area contributed by atoms with Crippen LogP contribution in [0.4, 0.5) is 5.95 Å². The summed E-state index contributed by atoms with van der Waals surface area (Å²) in [5.74, 6) is 2.98. The van der Waals surface area contributed by atoms with Gasteiger partial charge in [0.15, 0.2) is 5.82 Å². The summed E-state index contributed by atoms with van der Waals surface area (Å²) in [6.07, 6.45) is 3.17. The molecule has 1 atom stereocenters. The maximum absolute atomic E-state index is 13.4. The highest BCUT2D eigenvalue weighted by Crippen LogP contribution is 2.40. The summed E-state index contributed by atoms with van der Waals surface area (Å²) in [5, 5.41) is 4.71. The van der Waals surface area contributed by atoms with E-state index in [0.717, 1.165) is 23.8 Å². The molecule has 0 unspecified atom stereocenters. The number of nitrogen functional groups attached to an aromatic ring is 1. The van der Waals surface area contributed by atoms with Crippen molar-refractivity contribution in [2.24, 2.45) is 5.92 Å². The highest BCUT2D eigenvalue weighted by atomic mass is 16.2. The second-order valence-electron chi connectivity index (χ2n) is 8.66. The average Bonchev–Trinajstić information content (AvgIpc) is 3.39. The predicted octanol–water partition coefficient (Wildman–Crippen LogP) is 2.89. The van der Waals surface area contributed by atoms with Crippen LogP contribution in [0.5, 0.6) is 0 Å². The highest BCUT2D eigenvalue weighted by Gasteiger charge is 2.37. The van der Waals surface area contributed by atoms with E-state index >= 15 is 0 Å². The Balaban J connectivity index is 1.68. The van der Waals surface area contributed by atoms with Gasteiger partial charge in [-0.25, -0.2) is 19.6 Å². The van der Waals surface area contributed by atoms with Crippen LogP contribution in [-0.2, 0) is 6.54 Å². The van der Waals surface area contributed by atoms with Crippen molar-refractivity contribution in [3.05, 3.63) is 29.1 Å². The van der Waals surface area contributed by atoms with Crippen LogP contribution < -0.4 is 5.73 Å². The first-order chi connectivity index (χ1) is 13.3. The fourth-order valence-corrected chi connectivity index (χ4v) is 3.76. The summed E-state index contributed by atoms with van der Waals surface area (Å²) in [7, 11) is 0. The molecular formula is C20H29N7O. The van der Waals surface area contributed by atoms with Gasteiger partial charge in [0.1, 0.15) is 11.5 Å². The number of anilines is 1. The lowest BCUT2D eigenvalue weighted by atomic mass is 9.99. The quantitative estimate of drug-likeness (QED) is 0.851. The molecular weight excluding hydrogens is 354 g/mol. The lowest BCUT2D eigenvalue weighted by Crippen LogP contribution is -2.43. The van der Waals surface area contributed by atoms with E-state index in [4.69, 9.17) is 15.8 Å². The number of rotatable bonds is 5. The number of fused-ring (bicyclic) bond motifs is 1. The van der Waals surface area contributed by atoms with Crippen LogP contribution >= 0.6 is 0 Å². The highest BCUT2D eigenvalue weighted by molar-refractivity contribution is 5.93. The van der Waals surface area contributed by atoms with Crippen molar-refractivity contribution in [1.82, 2.24) is 29.6 Å². The van der Waals surface area contributed by atoms with Crippen LogP contribution in [0.1, 0.15) is 92.7 Å². The molecule has 4 rings (SSSR count). The third kappa shape index (κ3) is 3.59. The zero-order chi connectivity index (χ0) is 20.0. The molecule has 0 saturated heterocycles. The minimum absolute atomic E-state index is 0.0973. The zero-order valence-electron chi connectivity index (χ0n) is 17.1. The third-order valence-electron chi connectivity index (χ3n) is 5.42. The molecule has 150 valence electrons. The molecule has 2 aliphatic rings. The number of carbonyl (C=O) groups excluding carboxylic acids is 1. The molecule has 0 spiro atoms. The molecule has 0 aromatic carbocycles. The molecule has 1 saturated carbocycles. The molecule has 2 aromatic rings. The van der Waals surface area contributed by atoms with Gasteiger partial charge in [-0.1, -0.05) is 27.7 Å². The third-order valence-corrected chi connectivity index (χ3v) is 5.42. The Kier molecular flexibility index (Phi) is 4.81. The lowest BCUT2D eigenvalue weighted by molar-refractivity contribution is 0.0572. The molecule has 0 bridgehead atoms. The number of amides is 1. The first kappa shape index (κ1) is 18.8. The molecule has 8 heteroatoms. The van der Waals surface area contributed by atoms with E-state index in [0.29, 0.717) is 30.6 Å². The molecule has 1 fully saturated rings. The largest absolute Gasteiger partial charge is 0.368 e. The van der Waals surface area contributed by atoms with Crippen LogP contribution in [0.3, 0.4) is 0 Å². The first-order valence-electron chi connectivity index (χ1n) is 10.2. The van der Waals surface area contributed by atoms with Gasteiger partial charge in [-0.05, 0) is 37.2 Å². The van der Waals surface area contributed by atoms with E-state index in [9.17, 15) is 4.79 Å². The van der Waals surface area contributed by atoms with E-state index in [1.807, 2.05) is 23.4 Å². The first-order valence-corrected chi connectivity index (χ1v) is 10.2. The van der Waals surface area contributed by atoms with Gasteiger partial charge < -0.3 is 10.6 Å². The number of nitrogens with two attached hydrogens (primary N) is 1. The maximum atomic E-state index is 13.4. The van der Waals surface area contributed by atoms with Crippen molar-refractivity contribution in [1.29, 1.82) is 0 Å². The number of aromatic nitrogens is 5. The van der Waals surface area contributed by atoms with Crippen LogP contribution in [0.25, 0.3) is 0 Å². The van der Waals surface area contributed by atoms with Crippen molar-refractivity contribution in [3.8, 4) is 0 Å². The fourth-order valence-electron chi connectivity index (χ4n) is 3.76. The van der Waals surface area contributed by atoms with Crippen molar-refractivity contribution in [3.63, 3.8) is 0 Å². The number of nitrogens with zero attached hydrogens (tertiary/aromatic N) is 6. The minimum Gasteiger partial charge on any atom is -0.368 e. The van der Waals surface area contributed by atoms with Crippen molar-refractivity contribution < 1.29 is 4.79 Å². The molecule has 28 heavy (non-hydrogen) atoms. The predicted molar refractivity (Wildman–Crippen MR) is 106 cm³/mol. The van der Waals surface area contributed by atoms with Gasteiger partial charge in [0, 0.05) is 18.2 Å². The Bertz CT molecular complexity index is 885. The topological polar surface area (TPSA) is 103 Å². The molecule has 0 radical (unpaired) electrons. The Labute approximate surface area is 165 Å². The summed E-state index contributed by atoms with van der Waals surface area (Å²) >= 11 is 0. The zero-order valence-corrected chi connectivity index (χ0v) is 17.1. The van der Waals surface area contributed by atoms with Gasteiger partial charge in [0.25, 0.3) is 5.91 Å². The van der Waals surface area contributed by atoms with Crippen LogP contribution in [-0.4, -0.2) is 42.1 Å². The van der Waals surface area contributed by atoms with Crippen LogP contribution in [0, 0.1) is 5.92 Å². The Morgan fingerprint density at radius 1 is 1.18 bits per heavy atom. The second kappa shape index (κ2) is 7.14. The van der Waals surface area contributed by atoms with Gasteiger partial charge in [-0.3, -0.25) is 4.79 Å². The molecule has 8 nitrogen and oxygen atoms in total. The van der Waals surface area contributed by atoms with Crippen molar-refractivity contribution >= 4 is 11.9 Å². The number of hydrogen-bond donors (Lipinski definition) is 1. The maximum Gasteiger partial charge on any atom is 0.273 e. The molecule has 2 aromatic heterocycles. The smallest absolute Gasteiger partial charge is 0.273 e. The summed E-state index contributed by atoms with van der Waals surface area (Å²) in [5.41, 5.74) is 7.03. The summed E-state index contributed by atoms with van der Waals surface area (Å²) < 4.78 is 2.00. The molecule has 1 aliphatic carbocycles. The van der Waals surface area contributed by atoms with Crippen molar-refractivity contribution in [2.45, 2.75) is 71.4 Å². The Hall–Kier alpha value is -2.51. The molecule has 1 aliphatic heterocycles. The summed E-state index contributed by atoms with van der Waals surface area (Å²) in [6, 6.07) is 1.67. The van der Waals surface area contributed by atoms with Crippen molar-refractivity contribution in [2.75, 3.05) is 12.3 Å². The average molecular weight is 384 g/mol. The van der Waals surface area contributed by atoms with E-state index in [-0.39, 0.29) is 23.8 Å². The monoisotopic (exact) mass is 383 g/mol. The van der Waals surface area contributed by atoms with Gasteiger partial charge in [-0.15, -0.1) is 0 Å². The lowest BCUT2D eigenvalue weighted by Gasteiger charge is -2.36. The summed E-state index contributed by atoms with van der Waals surface area (Å²) in [4.78, 5) is 28.6. The van der Waals surface area contributed by atoms with Crippen LogP contribution in [0.2, 0.25) is 0 Å². The van der Waals surface area contributed by atoms with Gasteiger partial charge in [0.05, 0.1) is 12.6 Å². The number of carbonyl (C=O) groups is 1. The Morgan fingerprint density at radius 2 is 1.93 bits per heavy atom. The molecule has 2 N–H and O–H groups in total. The fraction of sp³-hybridized carbons (Fsp3) is 0.650. The van der Waals surface area contributed by atoms with E-state index in [1.54, 1.807) is 6.07 Å². The van der Waals surface area contributed by atoms with E-state index in [1.165, 1.54) is 12.8 Å². The van der Waals surface area contributed by atoms with Gasteiger partial charge >= 0.3 is 0 Å². The number of hydrogen-bond acceptors (Lipinski definition) is 6. The second-order valence-corrected chi connectivity index (χ2v) is 8.66. The summed E-state index contributed by atoms with van der Waals surface area (Å²) in [6.45, 7) is 9.64.